The number of ether oxygens (including phenoxy) is 1. The molecule has 0 spiro atoms. The highest BCUT2D eigenvalue weighted by Gasteiger charge is 2.34. The molecule has 1 aromatic heterocycles. The molecular weight excluding hydrogens is 400 g/mol. The van der Waals surface area contributed by atoms with Crippen LogP contribution in [0.1, 0.15) is 43.0 Å². The first-order valence-corrected chi connectivity index (χ1v) is 9.77. The summed E-state index contributed by atoms with van der Waals surface area (Å²) in [6, 6.07) is 7.61. The SMILES string of the molecule is CCOC(=O)C=C(c1ccc(F)cc1)c1ccc(C(F)(F)F)nc1N1CCCCC1. The van der Waals surface area contributed by atoms with Crippen LogP contribution < -0.4 is 4.90 Å². The van der Waals surface area contributed by atoms with Crippen molar-refractivity contribution in [2.24, 2.45) is 0 Å². The number of carbonyl (C=O) groups excluding carboxylic acids is 1. The molecule has 1 saturated heterocycles. The Bertz CT molecular complexity index is 918. The summed E-state index contributed by atoms with van der Waals surface area (Å²) in [5.41, 5.74) is 0.172. The molecule has 8 heteroatoms. The molecule has 0 aliphatic carbocycles. The fraction of sp³-hybridized carbons (Fsp3) is 0.364. The average molecular weight is 422 g/mol. The van der Waals surface area contributed by atoms with E-state index in [1.165, 1.54) is 36.4 Å². The van der Waals surface area contributed by atoms with Gasteiger partial charge in [0, 0.05) is 24.7 Å². The van der Waals surface area contributed by atoms with Crippen molar-refractivity contribution in [3.05, 3.63) is 65.1 Å². The van der Waals surface area contributed by atoms with Crippen molar-refractivity contribution in [1.29, 1.82) is 0 Å². The van der Waals surface area contributed by atoms with Crippen molar-refractivity contribution in [3.8, 4) is 0 Å². The topological polar surface area (TPSA) is 42.4 Å². The van der Waals surface area contributed by atoms with Crippen molar-refractivity contribution < 1.29 is 27.1 Å². The maximum absolute atomic E-state index is 13.4. The van der Waals surface area contributed by atoms with Crippen LogP contribution in [0.15, 0.2) is 42.5 Å². The molecule has 0 unspecified atom stereocenters. The van der Waals surface area contributed by atoms with Crippen molar-refractivity contribution in [2.45, 2.75) is 32.4 Å². The summed E-state index contributed by atoms with van der Waals surface area (Å²) >= 11 is 0. The Hall–Kier alpha value is -2.90. The summed E-state index contributed by atoms with van der Waals surface area (Å²) < 4.78 is 58.4. The normalized spacial score (nSPS) is 15.2. The smallest absolute Gasteiger partial charge is 0.433 e. The first-order chi connectivity index (χ1) is 14.3. The molecule has 0 amide bonds. The second kappa shape index (κ2) is 9.28. The van der Waals surface area contributed by atoms with Crippen LogP contribution in [0.5, 0.6) is 0 Å². The maximum atomic E-state index is 13.4. The lowest BCUT2D eigenvalue weighted by Gasteiger charge is -2.30. The van der Waals surface area contributed by atoms with Crippen LogP contribution in [-0.4, -0.2) is 30.6 Å². The lowest BCUT2D eigenvalue weighted by Crippen LogP contribution is -2.31. The molecule has 1 fully saturated rings. The number of nitrogens with zero attached hydrogens (tertiary/aromatic N) is 2. The number of esters is 1. The molecular formula is C22H22F4N2O2. The van der Waals surface area contributed by atoms with Gasteiger partial charge >= 0.3 is 12.1 Å². The Morgan fingerprint density at radius 2 is 1.77 bits per heavy atom. The van der Waals surface area contributed by atoms with Crippen molar-refractivity contribution in [3.63, 3.8) is 0 Å². The van der Waals surface area contributed by atoms with Crippen LogP contribution in [0.4, 0.5) is 23.4 Å². The van der Waals surface area contributed by atoms with Gasteiger partial charge < -0.3 is 9.64 Å². The van der Waals surface area contributed by atoms with Gasteiger partial charge in [-0.1, -0.05) is 12.1 Å². The van der Waals surface area contributed by atoms with E-state index in [1.54, 1.807) is 11.8 Å². The van der Waals surface area contributed by atoms with Crippen molar-refractivity contribution in [1.82, 2.24) is 4.98 Å². The molecule has 30 heavy (non-hydrogen) atoms. The fourth-order valence-electron chi connectivity index (χ4n) is 3.41. The summed E-state index contributed by atoms with van der Waals surface area (Å²) in [6.45, 7) is 2.94. The molecule has 0 radical (unpaired) electrons. The number of hydrogen-bond donors (Lipinski definition) is 0. The van der Waals surface area contributed by atoms with E-state index in [0.717, 1.165) is 25.3 Å². The van der Waals surface area contributed by atoms with Crippen LogP contribution >= 0.6 is 0 Å². The van der Waals surface area contributed by atoms with Gasteiger partial charge in [0.15, 0.2) is 0 Å². The summed E-state index contributed by atoms with van der Waals surface area (Å²) in [6.07, 6.45) is -0.706. The predicted octanol–water partition coefficient (Wildman–Crippen LogP) is 5.22. The third kappa shape index (κ3) is 5.17. The summed E-state index contributed by atoms with van der Waals surface area (Å²) in [7, 11) is 0. The van der Waals surface area contributed by atoms with E-state index in [4.69, 9.17) is 4.74 Å². The van der Waals surface area contributed by atoms with Gasteiger partial charge in [-0.15, -0.1) is 0 Å². The number of anilines is 1. The Morgan fingerprint density at radius 3 is 2.37 bits per heavy atom. The van der Waals surface area contributed by atoms with Crippen LogP contribution in [0.25, 0.3) is 5.57 Å². The molecule has 0 atom stereocenters. The predicted molar refractivity (Wildman–Crippen MR) is 105 cm³/mol. The van der Waals surface area contributed by atoms with Gasteiger partial charge in [-0.25, -0.2) is 14.2 Å². The van der Waals surface area contributed by atoms with Gasteiger partial charge in [0.2, 0.25) is 0 Å². The summed E-state index contributed by atoms with van der Waals surface area (Å²) in [5, 5.41) is 0. The third-order valence-electron chi connectivity index (χ3n) is 4.82. The van der Waals surface area contributed by atoms with E-state index in [0.29, 0.717) is 29.8 Å². The number of benzene rings is 1. The fourth-order valence-corrected chi connectivity index (χ4v) is 3.41. The highest BCUT2D eigenvalue weighted by atomic mass is 19.4. The minimum Gasteiger partial charge on any atom is -0.463 e. The number of carbonyl (C=O) groups is 1. The first kappa shape index (κ1) is 21.8. The van der Waals surface area contributed by atoms with Gasteiger partial charge in [0.05, 0.1) is 6.61 Å². The zero-order chi connectivity index (χ0) is 21.7. The maximum Gasteiger partial charge on any atom is 0.433 e. The molecule has 0 bridgehead atoms. The van der Waals surface area contributed by atoms with E-state index in [2.05, 4.69) is 4.98 Å². The summed E-state index contributed by atoms with van der Waals surface area (Å²) in [4.78, 5) is 17.9. The average Bonchev–Trinajstić information content (AvgIpc) is 2.73. The molecule has 4 nitrogen and oxygen atoms in total. The number of rotatable bonds is 5. The third-order valence-corrected chi connectivity index (χ3v) is 4.82. The van der Waals surface area contributed by atoms with Crippen LogP contribution in [0.2, 0.25) is 0 Å². The second-order valence-electron chi connectivity index (χ2n) is 6.93. The van der Waals surface area contributed by atoms with Crippen molar-refractivity contribution >= 4 is 17.4 Å². The second-order valence-corrected chi connectivity index (χ2v) is 6.93. The van der Waals surface area contributed by atoms with Gasteiger partial charge in [-0.3, -0.25) is 0 Å². The Kier molecular flexibility index (Phi) is 6.74. The Balaban J connectivity index is 2.18. The molecule has 160 valence electrons. The Labute approximate surface area is 172 Å². The molecule has 3 rings (SSSR count). The zero-order valence-electron chi connectivity index (χ0n) is 16.5. The van der Waals surface area contributed by atoms with Crippen molar-refractivity contribution in [2.75, 3.05) is 24.6 Å². The number of hydrogen-bond acceptors (Lipinski definition) is 4. The highest BCUT2D eigenvalue weighted by Crippen LogP contribution is 2.36. The molecule has 1 aliphatic rings. The zero-order valence-corrected chi connectivity index (χ0v) is 16.5. The largest absolute Gasteiger partial charge is 0.463 e. The van der Waals surface area contributed by atoms with E-state index in [1.807, 2.05) is 0 Å². The monoisotopic (exact) mass is 422 g/mol. The molecule has 0 N–H and O–H groups in total. The highest BCUT2D eigenvalue weighted by molar-refractivity contribution is 5.98. The lowest BCUT2D eigenvalue weighted by atomic mass is 9.96. The minimum atomic E-state index is -4.59. The molecule has 1 aromatic carbocycles. The molecule has 2 heterocycles. The van der Waals surface area contributed by atoms with Gasteiger partial charge in [0.25, 0.3) is 0 Å². The summed E-state index contributed by atoms with van der Waals surface area (Å²) in [5.74, 6) is -0.943. The van der Waals surface area contributed by atoms with E-state index in [9.17, 15) is 22.4 Å². The van der Waals surface area contributed by atoms with Gasteiger partial charge in [-0.2, -0.15) is 13.2 Å². The molecule has 2 aromatic rings. The molecule has 0 saturated carbocycles. The van der Waals surface area contributed by atoms with Crippen LogP contribution in [0, 0.1) is 5.82 Å². The number of piperidine rings is 1. The minimum absolute atomic E-state index is 0.149. The van der Waals surface area contributed by atoms with E-state index >= 15 is 0 Å². The number of halogens is 4. The quantitative estimate of drug-likeness (QED) is 0.376. The van der Waals surface area contributed by atoms with Gasteiger partial charge in [0.1, 0.15) is 17.3 Å². The molecule has 1 aliphatic heterocycles. The number of pyridine rings is 1. The Morgan fingerprint density at radius 1 is 1.10 bits per heavy atom. The van der Waals surface area contributed by atoms with E-state index in [-0.39, 0.29) is 12.4 Å². The first-order valence-electron chi connectivity index (χ1n) is 9.77. The van der Waals surface area contributed by atoms with Crippen LogP contribution in [0.3, 0.4) is 0 Å². The van der Waals surface area contributed by atoms with E-state index < -0.39 is 23.7 Å². The lowest BCUT2D eigenvalue weighted by molar-refractivity contribution is -0.141. The standard InChI is InChI=1S/C22H22F4N2O2/c1-2-30-20(29)14-18(15-6-8-16(23)9-7-15)17-10-11-19(22(24,25)26)27-21(17)28-12-4-3-5-13-28/h6-11,14H,2-5,12-13H2,1H3. The number of aromatic nitrogens is 1. The number of alkyl halides is 3. The van der Waals surface area contributed by atoms with Crippen LogP contribution in [-0.2, 0) is 15.7 Å². The van der Waals surface area contributed by atoms with Gasteiger partial charge in [-0.05, 0) is 61.6 Å².